The van der Waals surface area contributed by atoms with Crippen molar-refractivity contribution in [2.75, 3.05) is 32.7 Å². The number of aliphatic imine (C=N–C) groups is 2. The van der Waals surface area contributed by atoms with E-state index in [2.05, 4.69) is 36.5 Å². The minimum absolute atomic E-state index is 0.0398. The number of likely N-dealkylation sites (tertiary alicyclic amines) is 1. The first-order valence-electron chi connectivity index (χ1n) is 14.1. The Hall–Kier alpha value is -1.75. The summed E-state index contributed by atoms with van der Waals surface area (Å²) >= 11 is 6.09. The number of carbonyl (C=O) groups is 2. The van der Waals surface area contributed by atoms with Gasteiger partial charge in [0, 0.05) is 44.8 Å². The maximum Gasteiger partial charge on any atom is 0.258 e. The van der Waals surface area contributed by atoms with E-state index in [4.69, 9.17) is 11.6 Å². The first-order chi connectivity index (χ1) is 17.7. The Kier molecular flexibility index (Phi) is 9.83. The summed E-state index contributed by atoms with van der Waals surface area (Å²) in [6, 6.07) is 0.0383. The van der Waals surface area contributed by atoms with Gasteiger partial charge in [0.25, 0.3) is 5.91 Å². The Labute approximate surface area is 226 Å². The molecule has 2 unspecified atom stereocenters. The van der Waals surface area contributed by atoms with Gasteiger partial charge in [-0.1, -0.05) is 12.8 Å². The molecule has 2 amide bonds. The Morgan fingerprint density at radius 2 is 1.86 bits per heavy atom. The van der Waals surface area contributed by atoms with Gasteiger partial charge in [-0.25, -0.2) is 15.8 Å². The highest BCUT2D eigenvalue weighted by atomic mass is 35.5. The molecule has 11 heteroatoms. The molecule has 208 valence electrons. The third-order valence-electron chi connectivity index (χ3n) is 8.26. The summed E-state index contributed by atoms with van der Waals surface area (Å²) in [5.41, 5.74) is 9.71. The van der Waals surface area contributed by atoms with E-state index in [0.29, 0.717) is 23.9 Å². The van der Waals surface area contributed by atoms with Gasteiger partial charge in [-0.2, -0.15) is 0 Å². The lowest BCUT2D eigenvalue weighted by Crippen LogP contribution is -2.68. The molecule has 0 bridgehead atoms. The van der Waals surface area contributed by atoms with E-state index in [1.807, 2.05) is 20.8 Å². The average Bonchev–Trinajstić information content (AvgIpc) is 3.36. The quantitative estimate of drug-likeness (QED) is 0.147. The molecule has 0 radical (unpaired) electrons. The monoisotopic (exact) mass is 536 g/mol. The molecule has 2 atom stereocenters. The largest absolute Gasteiger partial charge is 0.344 e. The highest BCUT2D eigenvalue weighted by molar-refractivity contribution is 6.65. The van der Waals surface area contributed by atoms with Crippen LogP contribution >= 0.6 is 11.6 Å². The van der Waals surface area contributed by atoms with E-state index < -0.39 is 6.04 Å². The molecular formula is C26H45ClN8O2. The second-order valence-corrected chi connectivity index (χ2v) is 12.2. The molecule has 2 saturated carbocycles. The van der Waals surface area contributed by atoms with Crippen LogP contribution < -0.4 is 21.6 Å². The van der Waals surface area contributed by atoms with Crippen LogP contribution in [0, 0.1) is 17.3 Å². The summed E-state index contributed by atoms with van der Waals surface area (Å²) in [7, 11) is 0. The lowest BCUT2D eigenvalue weighted by molar-refractivity contribution is -0.142. The van der Waals surface area contributed by atoms with E-state index in [1.54, 1.807) is 5.01 Å². The lowest BCUT2D eigenvalue weighted by atomic mass is 9.60. The maximum absolute atomic E-state index is 13.4. The topological polar surface area (TPSA) is 113 Å². The molecule has 2 aliphatic carbocycles. The van der Waals surface area contributed by atoms with Crippen molar-refractivity contribution >= 4 is 35.0 Å². The fraction of sp³-hybridized carbons (Fsp3) is 0.846. The number of amidine groups is 1. The predicted molar refractivity (Wildman–Crippen MR) is 147 cm³/mol. The van der Waals surface area contributed by atoms with E-state index in [1.165, 1.54) is 19.2 Å². The smallest absolute Gasteiger partial charge is 0.258 e. The predicted octanol–water partition coefficient (Wildman–Crippen LogP) is 2.01. The van der Waals surface area contributed by atoms with Gasteiger partial charge in [0.05, 0.1) is 5.92 Å². The van der Waals surface area contributed by atoms with Crippen LogP contribution in [0.1, 0.15) is 72.1 Å². The number of halogens is 1. The molecule has 0 aromatic carbocycles. The normalized spacial score (nSPS) is 24.8. The minimum atomic E-state index is -0.511. The van der Waals surface area contributed by atoms with Crippen LogP contribution in [-0.4, -0.2) is 84.2 Å². The molecular weight excluding hydrogens is 492 g/mol. The zero-order chi connectivity index (χ0) is 26.4. The molecule has 1 spiro atoms. The third-order valence-corrected chi connectivity index (χ3v) is 8.45. The molecule has 4 fully saturated rings. The molecule has 10 nitrogen and oxygen atoms in total. The lowest BCUT2D eigenvalue weighted by Gasteiger charge is -2.59. The van der Waals surface area contributed by atoms with Gasteiger partial charge in [-0.05, 0) is 82.2 Å². The molecule has 4 rings (SSSR count). The van der Waals surface area contributed by atoms with Crippen molar-refractivity contribution in [2.24, 2.45) is 27.2 Å². The van der Waals surface area contributed by atoms with Gasteiger partial charge >= 0.3 is 0 Å². The molecule has 0 aromatic heterocycles. The Morgan fingerprint density at radius 1 is 1.14 bits per heavy atom. The van der Waals surface area contributed by atoms with Gasteiger partial charge in [0.2, 0.25) is 11.2 Å². The van der Waals surface area contributed by atoms with Crippen LogP contribution in [0.5, 0.6) is 0 Å². The maximum atomic E-state index is 13.4. The number of nitrogens with one attached hydrogen (secondary N) is 4. The Balaban J connectivity index is 1.21. The number of rotatable bonds is 10. The molecule has 2 heterocycles. The summed E-state index contributed by atoms with van der Waals surface area (Å²) in [4.78, 5) is 36.9. The van der Waals surface area contributed by atoms with Gasteiger partial charge in [0.1, 0.15) is 12.4 Å². The first-order valence-corrected chi connectivity index (χ1v) is 14.5. The van der Waals surface area contributed by atoms with Gasteiger partial charge < -0.3 is 10.2 Å². The fourth-order valence-corrected chi connectivity index (χ4v) is 6.46. The van der Waals surface area contributed by atoms with Crippen LogP contribution in [0.15, 0.2) is 9.98 Å². The zero-order valence-corrected chi connectivity index (χ0v) is 23.4. The first kappa shape index (κ1) is 28.3. The molecule has 4 aliphatic rings. The van der Waals surface area contributed by atoms with E-state index >= 15 is 0 Å². The van der Waals surface area contributed by atoms with Crippen molar-refractivity contribution in [3.8, 4) is 0 Å². The van der Waals surface area contributed by atoms with Crippen molar-refractivity contribution < 1.29 is 9.59 Å². The summed E-state index contributed by atoms with van der Waals surface area (Å²) in [6.07, 6.45) is 10.3. The Bertz CT molecular complexity index is 840. The zero-order valence-electron chi connectivity index (χ0n) is 22.6. The molecule has 2 saturated heterocycles. The van der Waals surface area contributed by atoms with Crippen molar-refractivity contribution in [3.63, 3.8) is 0 Å². The van der Waals surface area contributed by atoms with Crippen LogP contribution in [0.25, 0.3) is 0 Å². The number of hydrazine groups is 2. The summed E-state index contributed by atoms with van der Waals surface area (Å²) in [6.45, 7) is 10.1. The average molecular weight is 537 g/mol. The molecule has 4 N–H and O–H groups in total. The Morgan fingerprint density at radius 3 is 2.51 bits per heavy atom. The number of hydrogen-bond donors (Lipinski definition) is 4. The van der Waals surface area contributed by atoms with Crippen LogP contribution in [0.2, 0.25) is 0 Å². The van der Waals surface area contributed by atoms with Crippen molar-refractivity contribution in [3.05, 3.63) is 0 Å². The van der Waals surface area contributed by atoms with Crippen LogP contribution in [0.3, 0.4) is 0 Å². The second kappa shape index (κ2) is 12.9. The van der Waals surface area contributed by atoms with E-state index in [0.717, 1.165) is 64.7 Å². The van der Waals surface area contributed by atoms with Gasteiger partial charge in [-0.3, -0.25) is 25.0 Å². The standard InChI is InChI=1S/C26H45ClN8O2/c1-18(2)28-17-29-25(27)33-32-21-12-26(13-21)15-34(16-26)14-22(20-8-4-5-9-20)23(36)31-19(3)24(37)35-11-7-6-10-30-35/h17-22,30,32H,4-16H2,1-3H3,(H,31,36)(H,28,29,33). The van der Waals surface area contributed by atoms with E-state index in [-0.39, 0.29) is 29.1 Å². The molecule has 2 aliphatic heterocycles. The summed E-state index contributed by atoms with van der Waals surface area (Å²) < 4.78 is 0. The van der Waals surface area contributed by atoms with Gasteiger partial charge in [-0.15, -0.1) is 0 Å². The fourth-order valence-electron chi connectivity index (χ4n) is 6.36. The van der Waals surface area contributed by atoms with Crippen LogP contribution in [0.4, 0.5) is 0 Å². The number of hydrogen-bond acceptors (Lipinski definition) is 6. The van der Waals surface area contributed by atoms with Crippen molar-refractivity contribution in [1.82, 2.24) is 31.5 Å². The highest BCUT2D eigenvalue weighted by Gasteiger charge is 2.53. The minimum Gasteiger partial charge on any atom is -0.344 e. The number of carbonyl (C=O) groups excluding carboxylic acids is 2. The SMILES string of the molecule is CC(C)N=CN=C(Cl)NNC1CC2(C1)CN(CC(C(=O)NC(C)C(=O)N1CCCCN1)C1CCCC1)C2. The van der Waals surface area contributed by atoms with Crippen molar-refractivity contribution in [1.29, 1.82) is 0 Å². The summed E-state index contributed by atoms with van der Waals surface area (Å²) in [5.74, 6) is 0.355. The molecule has 0 aromatic rings. The van der Waals surface area contributed by atoms with E-state index in [9.17, 15) is 9.59 Å². The second-order valence-electron chi connectivity index (χ2n) is 11.8. The highest BCUT2D eigenvalue weighted by Crippen LogP contribution is 2.48. The third kappa shape index (κ3) is 7.65. The van der Waals surface area contributed by atoms with Crippen LogP contribution in [-0.2, 0) is 9.59 Å². The molecule has 37 heavy (non-hydrogen) atoms. The summed E-state index contributed by atoms with van der Waals surface area (Å²) in [5, 5.41) is 5.02. The number of amides is 2. The van der Waals surface area contributed by atoms with Crippen molar-refractivity contribution in [2.45, 2.75) is 90.3 Å². The van der Waals surface area contributed by atoms with Gasteiger partial charge in [0.15, 0.2) is 0 Å². The number of nitrogens with zero attached hydrogens (tertiary/aromatic N) is 4.